The largest absolute Gasteiger partial charge is 0.298 e. The van der Waals surface area contributed by atoms with Crippen molar-refractivity contribution in [2.24, 2.45) is 5.92 Å². The summed E-state index contributed by atoms with van der Waals surface area (Å²) in [4.78, 5) is 7.10. The van der Waals surface area contributed by atoms with Gasteiger partial charge in [-0.1, -0.05) is 19.9 Å². The molecule has 20 heavy (non-hydrogen) atoms. The standard InChI is InChI=1S/C17H28N2S/c1-13(2)17-12-18-8-4-6-15(18)11-19(17)14(3)10-16-7-5-9-20-16/h5,7,9,13-15,17H,4,6,8,10-12H2,1-3H3. The Bertz CT molecular complexity index is 415. The Hall–Kier alpha value is -0.380. The molecule has 1 aromatic heterocycles. The summed E-state index contributed by atoms with van der Waals surface area (Å²) >= 11 is 1.91. The molecule has 2 aliphatic heterocycles. The van der Waals surface area contributed by atoms with Gasteiger partial charge in [0.05, 0.1) is 0 Å². The molecule has 0 aromatic carbocycles. The Labute approximate surface area is 127 Å². The Kier molecular flexibility index (Phi) is 4.49. The summed E-state index contributed by atoms with van der Waals surface area (Å²) in [6.45, 7) is 11.1. The van der Waals surface area contributed by atoms with Crippen LogP contribution in [0.15, 0.2) is 17.5 Å². The second kappa shape index (κ2) is 6.17. The third kappa shape index (κ3) is 2.95. The van der Waals surface area contributed by atoms with Crippen LogP contribution in [0, 0.1) is 5.92 Å². The third-order valence-electron chi connectivity index (χ3n) is 5.18. The van der Waals surface area contributed by atoms with Crippen molar-refractivity contribution in [1.29, 1.82) is 0 Å². The van der Waals surface area contributed by atoms with Crippen molar-refractivity contribution in [3.63, 3.8) is 0 Å². The minimum Gasteiger partial charge on any atom is -0.298 e. The van der Waals surface area contributed by atoms with Gasteiger partial charge in [-0.2, -0.15) is 0 Å². The van der Waals surface area contributed by atoms with Crippen LogP contribution in [-0.4, -0.2) is 47.6 Å². The Morgan fingerprint density at radius 3 is 2.85 bits per heavy atom. The van der Waals surface area contributed by atoms with E-state index in [9.17, 15) is 0 Å². The molecule has 0 amide bonds. The van der Waals surface area contributed by atoms with Gasteiger partial charge < -0.3 is 0 Å². The van der Waals surface area contributed by atoms with Crippen LogP contribution in [-0.2, 0) is 6.42 Å². The van der Waals surface area contributed by atoms with Crippen LogP contribution in [0.4, 0.5) is 0 Å². The van der Waals surface area contributed by atoms with E-state index in [1.807, 2.05) is 11.3 Å². The highest BCUT2D eigenvalue weighted by Gasteiger charge is 2.39. The summed E-state index contributed by atoms with van der Waals surface area (Å²) in [5, 5.41) is 2.21. The number of nitrogens with zero attached hydrogens (tertiary/aromatic N) is 2. The first kappa shape index (κ1) is 14.6. The summed E-state index contributed by atoms with van der Waals surface area (Å²) in [7, 11) is 0. The summed E-state index contributed by atoms with van der Waals surface area (Å²) in [6.07, 6.45) is 4.03. The topological polar surface area (TPSA) is 6.48 Å². The first-order valence-corrected chi connectivity index (χ1v) is 9.05. The van der Waals surface area contributed by atoms with E-state index in [4.69, 9.17) is 0 Å². The molecule has 2 fully saturated rings. The lowest BCUT2D eigenvalue weighted by Crippen LogP contribution is -2.60. The highest BCUT2D eigenvalue weighted by molar-refractivity contribution is 7.09. The van der Waals surface area contributed by atoms with Crippen molar-refractivity contribution in [3.8, 4) is 0 Å². The van der Waals surface area contributed by atoms with E-state index in [0.29, 0.717) is 6.04 Å². The maximum atomic E-state index is 2.82. The number of hydrogen-bond donors (Lipinski definition) is 0. The number of fused-ring (bicyclic) bond motifs is 1. The molecule has 0 N–H and O–H groups in total. The molecule has 0 radical (unpaired) electrons. The minimum absolute atomic E-state index is 0.670. The summed E-state index contributed by atoms with van der Waals surface area (Å²) in [5.74, 6) is 0.752. The summed E-state index contributed by atoms with van der Waals surface area (Å²) in [5.41, 5.74) is 0. The van der Waals surface area contributed by atoms with E-state index in [-0.39, 0.29) is 0 Å². The molecule has 3 atom stereocenters. The van der Waals surface area contributed by atoms with Gasteiger partial charge in [0.15, 0.2) is 0 Å². The van der Waals surface area contributed by atoms with Gasteiger partial charge in [-0.15, -0.1) is 11.3 Å². The molecule has 0 bridgehead atoms. The highest BCUT2D eigenvalue weighted by Crippen LogP contribution is 2.30. The molecule has 2 aliphatic rings. The maximum Gasteiger partial charge on any atom is 0.0249 e. The van der Waals surface area contributed by atoms with Crippen LogP contribution in [0.3, 0.4) is 0 Å². The van der Waals surface area contributed by atoms with Crippen LogP contribution in [0.2, 0.25) is 0 Å². The quantitative estimate of drug-likeness (QED) is 0.838. The van der Waals surface area contributed by atoms with Gasteiger partial charge >= 0.3 is 0 Å². The number of rotatable bonds is 4. The third-order valence-corrected chi connectivity index (χ3v) is 6.08. The van der Waals surface area contributed by atoms with Crippen molar-refractivity contribution in [1.82, 2.24) is 9.80 Å². The number of thiophene rings is 1. The van der Waals surface area contributed by atoms with E-state index in [0.717, 1.165) is 18.0 Å². The zero-order chi connectivity index (χ0) is 14.1. The summed E-state index contributed by atoms with van der Waals surface area (Å²) in [6, 6.07) is 6.71. The molecular formula is C17H28N2S. The average Bonchev–Trinajstić information content (AvgIpc) is 3.06. The zero-order valence-corrected chi connectivity index (χ0v) is 13.9. The molecule has 3 heteroatoms. The molecule has 3 rings (SSSR count). The van der Waals surface area contributed by atoms with Crippen LogP contribution >= 0.6 is 11.3 Å². The fourth-order valence-electron chi connectivity index (χ4n) is 4.00. The predicted molar refractivity (Wildman–Crippen MR) is 87.4 cm³/mol. The Balaban J connectivity index is 1.70. The lowest BCUT2D eigenvalue weighted by atomic mass is 9.95. The van der Waals surface area contributed by atoms with Crippen molar-refractivity contribution >= 4 is 11.3 Å². The molecule has 2 nitrogen and oxygen atoms in total. The molecule has 3 unspecified atom stereocenters. The molecule has 0 saturated carbocycles. The molecule has 3 heterocycles. The van der Waals surface area contributed by atoms with E-state index < -0.39 is 0 Å². The summed E-state index contributed by atoms with van der Waals surface area (Å²) < 4.78 is 0. The van der Waals surface area contributed by atoms with E-state index >= 15 is 0 Å². The van der Waals surface area contributed by atoms with Crippen molar-refractivity contribution in [2.45, 2.75) is 58.2 Å². The lowest BCUT2D eigenvalue weighted by Gasteiger charge is -2.48. The van der Waals surface area contributed by atoms with E-state index in [1.165, 1.54) is 43.8 Å². The fraction of sp³-hybridized carbons (Fsp3) is 0.765. The molecule has 1 aromatic rings. The monoisotopic (exact) mass is 292 g/mol. The number of hydrogen-bond acceptors (Lipinski definition) is 3. The van der Waals surface area contributed by atoms with Gasteiger partial charge in [0.2, 0.25) is 0 Å². The highest BCUT2D eigenvalue weighted by atomic mass is 32.1. The van der Waals surface area contributed by atoms with Crippen LogP contribution in [0.1, 0.15) is 38.5 Å². The number of piperazine rings is 1. The van der Waals surface area contributed by atoms with Gasteiger partial charge in [-0.3, -0.25) is 9.80 Å². The van der Waals surface area contributed by atoms with E-state index in [1.54, 1.807) is 0 Å². The first-order chi connectivity index (χ1) is 9.65. The van der Waals surface area contributed by atoms with Gasteiger partial charge in [0, 0.05) is 36.1 Å². The normalized spacial score (nSPS) is 29.8. The van der Waals surface area contributed by atoms with Crippen molar-refractivity contribution < 1.29 is 0 Å². The maximum absolute atomic E-state index is 2.82. The molecule has 0 spiro atoms. The van der Waals surface area contributed by atoms with Gasteiger partial charge in [0.1, 0.15) is 0 Å². The predicted octanol–water partition coefficient (Wildman–Crippen LogP) is 3.48. The van der Waals surface area contributed by atoms with Gasteiger partial charge in [-0.25, -0.2) is 0 Å². The SMILES string of the molecule is CC(C)C1CN2CCCC2CN1C(C)Cc1cccs1. The zero-order valence-electron chi connectivity index (χ0n) is 13.1. The average molecular weight is 292 g/mol. The first-order valence-electron chi connectivity index (χ1n) is 8.17. The van der Waals surface area contributed by atoms with Crippen molar-refractivity contribution in [2.75, 3.05) is 19.6 Å². The second-order valence-electron chi connectivity index (χ2n) is 6.93. The molecule has 112 valence electrons. The van der Waals surface area contributed by atoms with Gasteiger partial charge in [0.25, 0.3) is 0 Å². The fourth-order valence-corrected chi connectivity index (χ4v) is 4.83. The Morgan fingerprint density at radius 1 is 1.30 bits per heavy atom. The minimum atomic E-state index is 0.670. The lowest BCUT2D eigenvalue weighted by molar-refractivity contribution is 0.00506. The van der Waals surface area contributed by atoms with Crippen LogP contribution < -0.4 is 0 Å². The second-order valence-corrected chi connectivity index (χ2v) is 7.96. The van der Waals surface area contributed by atoms with Gasteiger partial charge in [-0.05, 0) is 50.1 Å². The van der Waals surface area contributed by atoms with Crippen LogP contribution in [0.25, 0.3) is 0 Å². The van der Waals surface area contributed by atoms with Crippen molar-refractivity contribution in [3.05, 3.63) is 22.4 Å². The Morgan fingerprint density at radius 2 is 2.15 bits per heavy atom. The van der Waals surface area contributed by atoms with E-state index in [2.05, 4.69) is 48.1 Å². The molecular weight excluding hydrogens is 264 g/mol. The molecule has 0 aliphatic carbocycles. The molecule has 2 saturated heterocycles. The smallest absolute Gasteiger partial charge is 0.0249 e. The van der Waals surface area contributed by atoms with Crippen LogP contribution in [0.5, 0.6) is 0 Å².